The minimum Gasteiger partial charge on any atom is -0.391 e. The number of benzene rings is 3. The molecule has 0 fully saturated rings. The summed E-state index contributed by atoms with van der Waals surface area (Å²) in [4.78, 5) is 18.0. The number of hydrogen-bond donors (Lipinski definition) is 0. The van der Waals surface area contributed by atoms with Gasteiger partial charge in [0.15, 0.2) is 5.78 Å². The van der Waals surface area contributed by atoms with Gasteiger partial charge in [0, 0.05) is 5.56 Å². The fourth-order valence-electron chi connectivity index (χ4n) is 2.45. The van der Waals surface area contributed by atoms with Crippen LogP contribution < -0.4 is 0 Å². The van der Waals surface area contributed by atoms with Crippen molar-refractivity contribution in [2.45, 2.75) is 13.0 Å². The van der Waals surface area contributed by atoms with Crippen molar-refractivity contribution in [1.82, 2.24) is 0 Å². The minimum absolute atomic E-state index is 0.0199. The Morgan fingerprint density at radius 2 is 1.24 bits per heavy atom. The topological polar surface area (TPSA) is 38.7 Å². The molecule has 0 radical (unpaired) electrons. The first-order chi connectivity index (χ1) is 12.3. The van der Waals surface area contributed by atoms with Crippen LogP contribution in [-0.2, 0) is 11.4 Å². The van der Waals surface area contributed by atoms with Gasteiger partial charge in [0.05, 0.1) is 12.1 Å². The zero-order valence-electron chi connectivity index (χ0n) is 13.8. The molecule has 0 N–H and O–H groups in total. The summed E-state index contributed by atoms with van der Waals surface area (Å²) < 4.78 is 0. The second-order valence-electron chi connectivity index (χ2n) is 5.63. The number of carbonyl (C=O) groups excluding carboxylic acids is 1. The van der Waals surface area contributed by atoms with Gasteiger partial charge in [-0.15, -0.1) is 0 Å². The van der Waals surface area contributed by atoms with Crippen LogP contribution in [-0.4, -0.2) is 11.5 Å². The minimum atomic E-state index is 0.0199. The van der Waals surface area contributed by atoms with E-state index in [-0.39, 0.29) is 12.2 Å². The van der Waals surface area contributed by atoms with Gasteiger partial charge in [-0.1, -0.05) is 96.2 Å². The van der Waals surface area contributed by atoms with Gasteiger partial charge in [0.25, 0.3) is 0 Å². The van der Waals surface area contributed by atoms with Gasteiger partial charge in [-0.2, -0.15) is 0 Å². The quantitative estimate of drug-likeness (QED) is 0.352. The third kappa shape index (κ3) is 4.88. The van der Waals surface area contributed by atoms with Crippen LogP contribution >= 0.6 is 0 Å². The Kier molecular flexibility index (Phi) is 5.73. The Morgan fingerprint density at radius 3 is 1.84 bits per heavy atom. The lowest BCUT2D eigenvalue weighted by Crippen LogP contribution is -2.10. The molecule has 0 aliphatic heterocycles. The summed E-state index contributed by atoms with van der Waals surface area (Å²) in [7, 11) is 0. The molecule has 0 heterocycles. The molecule has 0 aromatic heterocycles. The highest BCUT2D eigenvalue weighted by Gasteiger charge is 2.12. The molecule has 0 saturated heterocycles. The highest BCUT2D eigenvalue weighted by molar-refractivity contribution is 6.15. The summed E-state index contributed by atoms with van der Waals surface area (Å²) in [5.74, 6) is 0.0199. The Morgan fingerprint density at radius 1 is 0.720 bits per heavy atom. The lowest BCUT2D eigenvalue weighted by Gasteiger charge is -2.07. The molecule has 0 aliphatic rings. The van der Waals surface area contributed by atoms with Crippen molar-refractivity contribution in [3.63, 3.8) is 0 Å². The van der Waals surface area contributed by atoms with Crippen LogP contribution in [0.3, 0.4) is 0 Å². The Labute approximate surface area is 147 Å². The predicted octanol–water partition coefficient (Wildman–Crippen LogP) is 4.88. The molecule has 124 valence electrons. The van der Waals surface area contributed by atoms with Crippen LogP contribution in [0.4, 0.5) is 0 Å². The number of oxime groups is 1. The monoisotopic (exact) mass is 329 g/mol. The maximum Gasteiger partial charge on any atom is 0.168 e. The number of Topliss-reactive ketones (excluding diaryl/α,β-unsaturated/α-hetero) is 1. The van der Waals surface area contributed by atoms with Crippen LogP contribution in [0.2, 0.25) is 0 Å². The van der Waals surface area contributed by atoms with Crippen LogP contribution in [0.5, 0.6) is 0 Å². The van der Waals surface area contributed by atoms with Crippen molar-refractivity contribution in [3.8, 4) is 0 Å². The van der Waals surface area contributed by atoms with Crippen LogP contribution in [0, 0.1) is 0 Å². The van der Waals surface area contributed by atoms with Crippen molar-refractivity contribution in [3.05, 3.63) is 108 Å². The van der Waals surface area contributed by atoms with E-state index in [1.54, 1.807) is 0 Å². The lowest BCUT2D eigenvalue weighted by molar-refractivity contribution is 0.0994. The highest BCUT2D eigenvalue weighted by Crippen LogP contribution is 2.11. The number of rotatable bonds is 7. The summed E-state index contributed by atoms with van der Waals surface area (Å²) in [5, 5.41) is 4.25. The average molecular weight is 329 g/mol. The molecule has 0 saturated carbocycles. The first kappa shape index (κ1) is 16.7. The van der Waals surface area contributed by atoms with E-state index in [4.69, 9.17) is 4.84 Å². The number of ketones is 1. The Bertz CT molecular complexity index is 828. The summed E-state index contributed by atoms with van der Waals surface area (Å²) in [6.07, 6.45) is 0.197. The molecule has 25 heavy (non-hydrogen) atoms. The third-order valence-electron chi connectivity index (χ3n) is 3.78. The zero-order chi connectivity index (χ0) is 17.3. The normalized spacial score (nSPS) is 11.1. The van der Waals surface area contributed by atoms with Crippen LogP contribution in [0.25, 0.3) is 0 Å². The molecule has 0 unspecified atom stereocenters. The fourth-order valence-corrected chi connectivity index (χ4v) is 2.45. The molecule has 3 rings (SSSR count). The second-order valence-corrected chi connectivity index (χ2v) is 5.63. The Balaban J connectivity index is 1.76. The molecule has 3 nitrogen and oxygen atoms in total. The summed E-state index contributed by atoms with van der Waals surface area (Å²) in [6.45, 7) is 0.372. The molecular formula is C22H19NO2. The SMILES string of the molecule is O=C(C/C(=N/OCc1ccccc1)c1ccccc1)c1ccccc1. The van der Waals surface area contributed by atoms with E-state index in [9.17, 15) is 4.79 Å². The van der Waals surface area contributed by atoms with Crippen LogP contribution in [0.1, 0.15) is 27.9 Å². The standard InChI is InChI=1S/C22H19NO2/c24-22(20-14-8-3-9-15-20)16-21(19-12-6-2-7-13-19)23-25-17-18-10-4-1-5-11-18/h1-15H,16-17H2/b23-21-. The van der Waals surface area contributed by atoms with Gasteiger partial charge < -0.3 is 4.84 Å². The van der Waals surface area contributed by atoms with E-state index in [1.165, 1.54) is 0 Å². The van der Waals surface area contributed by atoms with E-state index in [0.29, 0.717) is 17.9 Å². The third-order valence-corrected chi connectivity index (χ3v) is 3.78. The van der Waals surface area contributed by atoms with E-state index >= 15 is 0 Å². The average Bonchev–Trinajstić information content (AvgIpc) is 2.69. The van der Waals surface area contributed by atoms with Gasteiger partial charge >= 0.3 is 0 Å². The van der Waals surface area contributed by atoms with Crippen molar-refractivity contribution in [2.24, 2.45) is 5.16 Å². The van der Waals surface area contributed by atoms with Gasteiger partial charge in [0.2, 0.25) is 0 Å². The predicted molar refractivity (Wildman–Crippen MR) is 99.6 cm³/mol. The highest BCUT2D eigenvalue weighted by atomic mass is 16.6. The molecule has 3 aromatic carbocycles. The molecule has 0 aliphatic carbocycles. The lowest BCUT2D eigenvalue weighted by atomic mass is 10.0. The fraction of sp³-hybridized carbons (Fsp3) is 0.0909. The number of hydrogen-bond acceptors (Lipinski definition) is 3. The molecule has 0 bridgehead atoms. The van der Waals surface area contributed by atoms with E-state index < -0.39 is 0 Å². The van der Waals surface area contributed by atoms with E-state index in [1.807, 2.05) is 91.0 Å². The number of nitrogens with zero attached hydrogens (tertiary/aromatic N) is 1. The molecule has 3 aromatic rings. The second kappa shape index (κ2) is 8.60. The molecule has 0 spiro atoms. The van der Waals surface area contributed by atoms with Crippen molar-refractivity contribution in [1.29, 1.82) is 0 Å². The summed E-state index contributed by atoms with van der Waals surface area (Å²) in [5.41, 5.74) is 3.23. The van der Waals surface area contributed by atoms with Crippen molar-refractivity contribution >= 4 is 11.5 Å². The smallest absolute Gasteiger partial charge is 0.168 e. The van der Waals surface area contributed by atoms with Crippen molar-refractivity contribution < 1.29 is 9.63 Å². The first-order valence-electron chi connectivity index (χ1n) is 8.19. The number of carbonyl (C=O) groups is 1. The van der Waals surface area contributed by atoms with Crippen molar-refractivity contribution in [2.75, 3.05) is 0 Å². The molecule has 3 heteroatoms. The molecule has 0 atom stereocenters. The molecule has 0 amide bonds. The van der Waals surface area contributed by atoms with Crippen LogP contribution in [0.15, 0.2) is 96.2 Å². The van der Waals surface area contributed by atoms with Gasteiger partial charge in [-0.3, -0.25) is 4.79 Å². The van der Waals surface area contributed by atoms with E-state index in [2.05, 4.69) is 5.16 Å². The largest absolute Gasteiger partial charge is 0.391 e. The first-order valence-corrected chi connectivity index (χ1v) is 8.19. The maximum atomic E-state index is 12.5. The Hall–Kier alpha value is -3.20. The van der Waals surface area contributed by atoms with Gasteiger partial charge in [-0.05, 0) is 11.1 Å². The van der Waals surface area contributed by atoms with E-state index in [0.717, 1.165) is 11.1 Å². The summed E-state index contributed by atoms with van der Waals surface area (Å²) >= 11 is 0. The summed E-state index contributed by atoms with van der Waals surface area (Å²) in [6, 6.07) is 28.7. The van der Waals surface area contributed by atoms with Gasteiger partial charge in [-0.25, -0.2) is 0 Å². The molecular weight excluding hydrogens is 310 g/mol. The maximum absolute atomic E-state index is 12.5. The van der Waals surface area contributed by atoms with Gasteiger partial charge in [0.1, 0.15) is 6.61 Å². The zero-order valence-corrected chi connectivity index (χ0v) is 13.8.